The van der Waals surface area contributed by atoms with Crippen molar-refractivity contribution in [3.63, 3.8) is 0 Å². The molecule has 1 rings (SSSR count). The van der Waals surface area contributed by atoms with Crippen LogP contribution in [0.1, 0.15) is 12.5 Å². The molecule has 0 aliphatic heterocycles. The molecule has 3 amide bonds. The van der Waals surface area contributed by atoms with Crippen molar-refractivity contribution in [2.24, 2.45) is 5.73 Å². The molecule has 0 bridgehead atoms. The first-order chi connectivity index (χ1) is 13.6. The molecule has 0 radical (unpaired) electrons. The van der Waals surface area contributed by atoms with Crippen molar-refractivity contribution < 1.29 is 29.4 Å². The molecule has 160 valence electrons. The average Bonchev–Trinajstić information content (AvgIpc) is 2.68. The van der Waals surface area contributed by atoms with Gasteiger partial charge in [0.05, 0.1) is 12.1 Å². The lowest BCUT2D eigenvalue weighted by atomic mass is 10.1. The Labute approximate surface area is 173 Å². The summed E-state index contributed by atoms with van der Waals surface area (Å²) < 4.78 is 0. The Bertz CT molecular complexity index is 716. The van der Waals surface area contributed by atoms with Crippen LogP contribution >= 0.6 is 12.6 Å². The smallest absolute Gasteiger partial charge is 0.322 e. The van der Waals surface area contributed by atoms with Gasteiger partial charge in [0, 0.05) is 5.75 Å². The van der Waals surface area contributed by atoms with Gasteiger partial charge in [0.2, 0.25) is 17.7 Å². The van der Waals surface area contributed by atoms with Crippen LogP contribution in [0.15, 0.2) is 30.3 Å². The molecule has 0 saturated heterocycles. The van der Waals surface area contributed by atoms with Crippen LogP contribution in [-0.4, -0.2) is 70.4 Å². The van der Waals surface area contributed by atoms with Crippen molar-refractivity contribution in [2.45, 2.75) is 37.6 Å². The number of benzene rings is 1. The Kier molecular flexibility index (Phi) is 10.1. The molecule has 0 aliphatic rings. The molecule has 29 heavy (non-hydrogen) atoms. The maximum absolute atomic E-state index is 12.4. The largest absolute Gasteiger partial charge is 0.480 e. The van der Waals surface area contributed by atoms with E-state index in [9.17, 15) is 24.3 Å². The maximum Gasteiger partial charge on any atom is 0.322 e. The fourth-order valence-corrected chi connectivity index (χ4v) is 2.62. The number of carbonyl (C=O) groups is 4. The van der Waals surface area contributed by atoms with Crippen LogP contribution in [0.2, 0.25) is 0 Å². The molecule has 1 aromatic rings. The van der Waals surface area contributed by atoms with E-state index in [2.05, 4.69) is 28.6 Å². The highest BCUT2D eigenvalue weighted by Crippen LogP contribution is 2.03. The molecule has 1 aromatic carbocycles. The van der Waals surface area contributed by atoms with Gasteiger partial charge in [-0.3, -0.25) is 19.2 Å². The van der Waals surface area contributed by atoms with Crippen molar-refractivity contribution in [2.75, 3.05) is 12.3 Å². The summed E-state index contributed by atoms with van der Waals surface area (Å²) in [7, 11) is 0. The minimum absolute atomic E-state index is 0.0844. The number of thiol groups is 1. The number of carboxylic acids is 1. The van der Waals surface area contributed by atoms with E-state index in [-0.39, 0.29) is 12.2 Å². The molecule has 7 N–H and O–H groups in total. The molecular weight excluding hydrogens is 400 g/mol. The van der Waals surface area contributed by atoms with E-state index in [1.807, 2.05) is 30.3 Å². The van der Waals surface area contributed by atoms with Crippen molar-refractivity contribution in [3.05, 3.63) is 35.9 Å². The number of nitrogens with one attached hydrogen (secondary N) is 3. The van der Waals surface area contributed by atoms with Crippen molar-refractivity contribution in [1.82, 2.24) is 16.0 Å². The highest BCUT2D eigenvalue weighted by molar-refractivity contribution is 7.80. The monoisotopic (exact) mass is 426 g/mol. The molecule has 0 aromatic heterocycles. The molecular formula is C18H26N4O6S. The van der Waals surface area contributed by atoms with Gasteiger partial charge in [-0.2, -0.15) is 12.6 Å². The standard InChI is InChI=1S/C18H26N4O6S/c1-10(23)15(18(28)20-8-14(24)25)22-17(27)13(9-29)21-16(26)12(19)7-11-5-3-2-4-6-11/h2-6,10,12-13,15,23,29H,7-9,19H2,1H3,(H,20,28)(H,21,26)(H,22,27)(H,24,25). The second-order valence-electron chi connectivity index (χ2n) is 6.38. The number of nitrogens with two attached hydrogens (primary N) is 1. The van der Waals surface area contributed by atoms with E-state index >= 15 is 0 Å². The van der Waals surface area contributed by atoms with Crippen molar-refractivity contribution in [1.29, 1.82) is 0 Å². The number of amides is 3. The number of hydrogen-bond acceptors (Lipinski definition) is 7. The van der Waals surface area contributed by atoms with Crippen LogP contribution in [0.3, 0.4) is 0 Å². The second kappa shape index (κ2) is 12.0. The Morgan fingerprint density at radius 2 is 1.69 bits per heavy atom. The highest BCUT2D eigenvalue weighted by Gasteiger charge is 2.30. The van der Waals surface area contributed by atoms with Gasteiger partial charge >= 0.3 is 5.97 Å². The summed E-state index contributed by atoms with van der Waals surface area (Å²) in [5.74, 6) is -3.58. The molecule has 4 atom stereocenters. The predicted molar refractivity (Wildman–Crippen MR) is 108 cm³/mol. The second-order valence-corrected chi connectivity index (χ2v) is 6.74. The Balaban J connectivity index is 2.69. The average molecular weight is 426 g/mol. The fraction of sp³-hybridized carbons (Fsp3) is 0.444. The molecule has 0 heterocycles. The summed E-state index contributed by atoms with van der Waals surface area (Å²) in [4.78, 5) is 47.3. The third-order valence-corrected chi connectivity index (χ3v) is 4.29. The minimum Gasteiger partial charge on any atom is -0.480 e. The van der Waals surface area contributed by atoms with Crippen LogP contribution in [0.25, 0.3) is 0 Å². The van der Waals surface area contributed by atoms with Gasteiger partial charge in [0.15, 0.2) is 0 Å². The summed E-state index contributed by atoms with van der Waals surface area (Å²) >= 11 is 4.03. The number of rotatable bonds is 11. The van der Waals surface area contributed by atoms with E-state index in [1.165, 1.54) is 6.92 Å². The number of aliphatic carboxylic acids is 1. The van der Waals surface area contributed by atoms with Crippen molar-refractivity contribution in [3.8, 4) is 0 Å². The fourth-order valence-electron chi connectivity index (χ4n) is 2.37. The van der Waals surface area contributed by atoms with Crippen LogP contribution in [-0.2, 0) is 25.6 Å². The first-order valence-corrected chi connectivity index (χ1v) is 9.47. The van der Waals surface area contributed by atoms with E-state index in [4.69, 9.17) is 10.8 Å². The molecule has 0 fully saturated rings. The number of carboxylic acid groups (broad SMARTS) is 1. The lowest BCUT2D eigenvalue weighted by Crippen LogP contribution is -2.59. The number of aliphatic hydroxyl groups excluding tert-OH is 1. The van der Waals surface area contributed by atoms with Crippen LogP contribution in [0, 0.1) is 0 Å². The summed E-state index contributed by atoms with van der Waals surface area (Å²) in [5, 5.41) is 25.2. The van der Waals surface area contributed by atoms with Gasteiger partial charge in [-0.25, -0.2) is 0 Å². The lowest BCUT2D eigenvalue weighted by Gasteiger charge is -2.24. The molecule has 4 unspecified atom stereocenters. The van der Waals surface area contributed by atoms with E-state index in [1.54, 1.807) is 0 Å². The minimum atomic E-state index is -1.40. The van der Waals surface area contributed by atoms with Gasteiger partial charge in [-0.15, -0.1) is 0 Å². The van der Waals surface area contributed by atoms with Gasteiger partial charge in [0.1, 0.15) is 18.6 Å². The van der Waals surface area contributed by atoms with Gasteiger partial charge in [-0.1, -0.05) is 30.3 Å². The molecule has 0 aliphatic carbocycles. The van der Waals surface area contributed by atoms with Gasteiger partial charge < -0.3 is 31.9 Å². The third kappa shape index (κ3) is 8.50. The van der Waals surface area contributed by atoms with E-state index < -0.39 is 54.5 Å². The zero-order valence-corrected chi connectivity index (χ0v) is 16.8. The molecule has 10 nitrogen and oxygen atoms in total. The third-order valence-electron chi connectivity index (χ3n) is 3.93. The predicted octanol–water partition coefficient (Wildman–Crippen LogP) is -1.96. The normalized spacial score (nSPS) is 14.8. The molecule has 11 heteroatoms. The summed E-state index contributed by atoms with van der Waals surface area (Å²) in [6.07, 6.45) is -1.04. The quantitative estimate of drug-likeness (QED) is 0.201. The van der Waals surface area contributed by atoms with Crippen LogP contribution in [0.5, 0.6) is 0 Å². The SMILES string of the molecule is CC(O)C(NC(=O)C(CS)NC(=O)C(N)Cc1ccccc1)C(=O)NCC(=O)O. The topological polar surface area (TPSA) is 171 Å². The maximum atomic E-state index is 12.4. The summed E-state index contributed by atoms with van der Waals surface area (Å²) in [6, 6.07) is 5.68. The summed E-state index contributed by atoms with van der Waals surface area (Å²) in [5.41, 5.74) is 6.74. The van der Waals surface area contributed by atoms with Gasteiger partial charge in [-0.05, 0) is 18.9 Å². The molecule has 0 spiro atoms. The number of hydrogen-bond donors (Lipinski definition) is 7. The van der Waals surface area contributed by atoms with E-state index in [0.717, 1.165) is 5.56 Å². The Morgan fingerprint density at radius 1 is 1.07 bits per heavy atom. The van der Waals surface area contributed by atoms with E-state index in [0.29, 0.717) is 0 Å². The number of aliphatic hydroxyl groups is 1. The lowest BCUT2D eigenvalue weighted by molar-refractivity contribution is -0.139. The zero-order valence-electron chi connectivity index (χ0n) is 15.9. The Morgan fingerprint density at radius 3 is 2.21 bits per heavy atom. The zero-order chi connectivity index (χ0) is 22.0. The first-order valence-electron chi connectivity index (χ1n) is 8.84. The van der Waals surface area contributed by atoms with Crippen molar-refractivity contribution >= 4 is 36.3 Å². The summed E-state index contributed by atoms with van der Waals surface area (Å²) in [6.45, 7) is 0.592. The van der Waals surface area contributed by atoms with Gasteiger partial charge in [0.25, 0.3) is 0 Å². The highest BCUT2D eigenvalue weighted by atomic mass is 32.1. The molecule has 0 saturated carbocycles. The Hall–Kier alpha value is -2.63. The van der Waals surface area contributed by atoms with Crippen LogP contribution < -0.4 is 21.7 Å². The first kappa shape index (κ1) is 24.4. The van der Waals surface area contributed by atoms with Crippen LogP contribution in [0.4, 0.5) is 0 Å². The number of carbonyl (C=O) groups excluding carboxylic acids is 3.